The van der Waals surface area contributed by atoms with E-state index in [1.807, 2.05) is 24.3 Å². The number of alkyl halides is 3. The Balaban J connectivity index is 0.000000207. The summed E-state index contributed by atoms with van der Waals surface area (Å²) in [5.41, 5.74) is 2.45. The Hall–Kier alpha value is -9.25. The number of aromatic amines is 4. The number of aliphatic hydroxyl groups excluding tert-OH is 1. The van der Waals surface area contributed by atoms with E-state index in [9.17, 15) is 39.9 Å². The number of thiophene rings is 3. The Labute approximate surface area is 645 Å². The van der Waals surface area contributed by atoms with Gasteiger partial charge in [0.05, 0.1) is 43.0 Å². The molecule has 0 aromatic carbocycles. The minimum atomic E-state index is -4.68. The predicted molar refractivity (Wildman–Crippen MR) is 418 cm³/mol. The lowest BCUT2D eigenvalue weighted by Gasteiger charge is -2.19. The van der Waals surface area contributed by atoms with E-state index in [2.05, 4.69) is 127 Å². The molecule has 0 saturated heterocycles. The van der Waals surface area contributed by atoms with Crippen LogP contribution in [0.2, 0.25) is 5.02 Å². The van der Waals surface area contributed by atoms with Gasteiger partial charge in [0, 0.05) is 115 Å². The summed E-state index contributed by atoms with van der Waals surface area (Å²) < 4.78 is 102. The van der Waals surface area contributed by atoms with Crippen LogP contribution in [0.15, 0.2) is 121 Å². The second-order valence-electron chi connectivity index (χ2n) is 27.5. The first kappa shape index (κ1) is 76.0. The number of Topliss-reactive ketones (excluding diaryl/α,β-unsaturated/α-hetero) is 1. The fourth-order valence-electron chi connectivity index (χ4n) is 10.3. The lowest BCUT2D eigenvalue weighted by atomic mass is 10.1. The highest BCUT2D eigenvalue weighted by Gasteiger charge is 2.37. The summed E-state index contributed by atoms with van der Waals surface area (Å²) in [5, 5.41) is 50.9. The number of hydrogen-bond donors (Lipinski definition) is 11. The fourth-order valence-corrected chi connectivity index (χ4v) is 16.9. The third kappa shape index (κ3) is 19.9. The standard InChI is InChI=1S/C19H21F3N6O2S2.C19H24N6O3S2.C16H14BrN5OS.C14H12ClN5O.6H2/c1-18(2,3)28-32(29,30)15-7-6-13(31-15)17-23-9-11(19(20,21)22)16(25-17)24-14-8-12(26-27-14)10-4-5-10;1-19(2,3)25-30(27,28)16-7-6-14(29-16)18-20-9-12(10-26)17(22-18)21-15-8-13(23-24-15)11-4-5-11;1-8(23)12-4-5-13(24-12)16-18-7-10(17)15(20-16)19-14-6-11(21-22-14)9-2-3-9;15-9-7-16-14(11-2-1-5-21-11)18-13(9)17-12-6-10(19-20-12)8-3-4-8;;;;;;/h6-10,28H,4-5H2,1-3H3,(H2,23,24,25,26,27);6-9,11,25-26H,4-5,10H2,1-3H3,(H2,20,21,22,23,24);4-7,9H,2-3H2,1H3,(H2,18,19,20,21,22);1-2,5-8H,3-4H2,(H2,16,17,18,19,20);6*1H. The minimum Gasteiger partial charge on any atom is -0.461 e. The highest BCUT2D eigenvalue weighted by molar-refractivity contribution is 9.10. The van der Waals surface area contributed by atoms with E-state index in [-0.39, 0.29) is 41.0 Å². The number of carbonyl (C=O) groups excluding carboxylic acids is 1. The first-order valence-electron chi connectivity index (χ1n) is 33.5. The molecule has 12 aromatic heterocycles. The van der Waals surface area contributed by atoms with Crippen LogP contribution in [0.3, 0.4) is 0 Å². The predicted octanol–water partition coefficient (Wildman–Crippen LogP) is 17.5. The van der Waals surface area contributed by atoms with Gasteiger partial charge in [-0.05, 0) is 164 Å². The Morgan fingerprint density at radius 1 is 0.561 bits per heavy atom. The zero-order valence-corrected chi connectivity index (χ0v) is 64.6. The van der Waals surface area contributed by atoms with Crippen LogP contribution in [0.1, 0.15) is 176 Å². The van der Waals surface area contributed by atoms with Crippen molar-refractivity contribution in [1.29, 1.82) is 0 Å². The summed E-state index contributed by atoms with van der Waals surface area (Å²) in [7, 11) is -7.42. The van der Waals surface area contributed by atoms with Crippen LogP contribution >= 0.6 is 61.5 Å². The molecule has 0 amide bonds. The smallest absolute Gasteiger partial charge is 0.421 e. The van der Waals surface area contributed by atoms with E-state index in [0.717, 1.165) is 86.3 Å². The monoisotopic (exact) mass is 1650 g/mol. The molecule has 16 rings (SSSR count). The van der Waals surface area contributed by atoms with E-state index in [0.29, 0.717) is 107 Å². The molecule has 0 spiro atoms. The molecule has 572 valence electrons. The Bertz CT molecular complexity index is 5430. The maximum absolute atomic E-state index is 13.5. The van der Waals surface area contributed by atoms with Crippen molar-refractivity contribution in [2.75, 3.05) is 21.3 Å². The molecule has 4 saturated carbocycles. The molecule has 0 bridgehead atoms. The quantitative estimate of drug-likeness (QED) is 0.0281. The molecule has 4 aliphatic carbocycles. The van der Waals surface area contributed by atoms with Gasteiger partial charge in [-0.1, -0.05) is 11.6 Å². The van der Waals surface area contributed by atoms with Gasteiger partial charge in [-0.2, -0.15) is 33.6 Å². The van der Waals surface area contributed by atoms with Crippen LogP contribution in [-0.4, -0.2) is 119 Å². The van der Waals surface area contributed by atoms with Crippen LogP contribution in [0.4, 0.5) is 59.7 Å². The summed E-state index contributed by atoms with van der Waals surface area (Å²) >= 11 is 12.9. The van der Waals surface area contributed by atoms with Crippen LogP contribution in [-0.2, 0) is 32.8 Å². The van der Waals surface area contributed by atoms with Crippen molar-refractivity contribution in [3.05, 3.63) is 152 Å². The number of nitrogens with one attached hydrogen (secondary N) is 10. The van der Waals surface area contributed by atoms with Crippen molar-refractivity contribution in [1.82, 2.24) is 90.1 Å². The number of anilines is 8. The van der Waals surface area contributed by atoms with E-state index in [4.69, 9.17) is 16.0 Å². The van der Waals surface area contributed by atoms with E-state index >= 15 is 0 Å². The molecule has 0 aliphatic heterocycles. The van der Waals surface area contributed by atoms with Crippen LogP contribution in [0.25, 0.3) is 43.7 Å². The molecule has 12 heterocycles. The average Bonchev–Trinajstić information content (AvgIpc) is 1.78. The van der Waals surface area contributed by atoms with Crippen LogP contribution in [0, 0.1) is 0 Å². The minimum absolute atomic E-state index is 0. The molecular weight excluding hydrogens is 1570 g/mol. The van der Waals surface area contributed by atoms with Crippen molar-refractivity contribution < 1.29 is 52.9 Å². The molecule has 11 N–H and O–H groups in total. The van der Waals surface area contributed by atoms with Crippen molar-refractivity contribution in [2.45, 2.75) is 156 Å². The number of ketones is 1. The lowest BCUT2D eigenvalue weighted by Crippen LogP contribution is -2.40. The van der Waals surface area contributed by atoms with Crippen molar-refractivity contribution in [2.24, 2.45) is 0 Å². The molecule has 29 nitrogen and oxygen atoms in total. The number of rotatable bonds is 22. The van der Waals surface area contributed by atoms with Gasteiger partial charge in [0.1, 0.15) is 36.5 Å². The summed E-state index contributed by atoms with van der Waals surface area (Å²) in [6.45, 7) is 11.8. The topological polar surface area (TPSA) is 409 Å². The first-order valence-corrected chi connectivity index (χ1v) is 40.1. The van der Waals surface area contributed by atoms with E-state index in [1.165, 1.54) is 55.3 Å². The Morgan fingerprint density at radius 3 is 1.39 bits per heavy atom. The second kappa shape index (κ2) is 31.1. The highest BCUT2D eigenvalue weighted by atomic mass is 79.9. The summed E-state index contributed by atoms with van der Waals surface area (Å²) in [5.74, 6) is 7.56. The lowest BCUT2D eigenvalue weighted by molar-refractivity contribution is -0.137. The number of aromatic nitrogens is 16. The number of hydrogen-bond acceptors (Lipinski definition) is 26. The molecular formula is C68H83BrClF3N22O7S5. The van der Waals surface area contributed by atoms with Gasteiger partial charge >= 0.3 is 6.18 Å². The van der Waals surface area contributed by atoms with Gasteiger partial charge < -0.3 is 30.8 Å². The number of halogens is 5. The van der Waals surface area contributed by atoms with Crippen molar-refractivity contribution >= 4 is 134 Å². The van der Waals surface area contributed by atoms with Gasteiger partial charge in [0.2, 0.25) is 0 Å². The summed E-state index contributed by atoms with van der Waals surface area (Å²) in [6.07, 6.45) is 11.6. The van der Waals surface area contributed by atoms with Crippen molar-refractivity contribution in [3.8, 4) is 43.7 Å². The van der Waals surface area contributed by atoms with Crippen molar-refractivity contribution in [3.63, 3.8) is 0 Å². The zero-order valence-electron chi connectivity index (χ0n) is 58.2. The Morgan fingerprint density at radius 2 is 0.963 bits per heavy atom. The SMILES string of the molecule is CC(=O)c1ccc(-c2ncc(Br)c(Nc3cc(C4CC4)[nH]n3)n2)s1.CC(C)(C)NS(=O)(=O)c1ccc(-c2ncc(C(F)(F)F)c(Nc3cc(C4CC4)[nH]n3)n2)s1.CC(C)(C)NS(=O)(=O)c1ccc(-c2ncc(CO)c(Nc3cc(C4CC4)[nH]n3)n2)s1.Clc1cnc(-c2ccco2)nc1Nc1cc(C2CC2)[nH]n1.[HH].[HH].[HH].[HH].[HH].[HH]. The average molecular weight is 1650 g/mol. The maximum atomic E-state index is 13.5. The van der Waals surface area contributed by atoms with Gasteiger partial charge in [0.15, 0.2) is 63.9 Å². The third-order valence-electron chi connectivity index (χ3n) is 16.0. The fraction of sp³-hybridized carbons (Fsp3) is 0.338. The maximum Gasteiger partial charge on any atom is 0.421 e. The normalized spacial score (nSPS) is 14.6. The highest BCUT2D eigenvalue weighted by Crippen LogP contribution is 2.44. The number of H-pyrrole nitrogens is 4. The van der Waals surface area contributed by atoms with Gasteiger partial charge in [-0.25, -0.2) is 66.2 Å². The second-order valence-corrected chi connectivity index (χ2v) is 35.9. The largest absolute Gasteiger partial charge is 0.461 e. The van der Waals surface area contributed by atoms with E-state index < -0.39 is 48.7 Å². The van der Waals surface area contributed by atoms with Crippen LogP contribution in [0.5, 0.6) is 0 Å². The third-order valence-corrected chi connectivity index (χ3v) is 24.7. The summed E-state index contributed by atoms with van der Waals surface area (Å²) in [4.78, 5) is 48.0. The van der Waals surface area contributed by atoms with Gasteiger partial charge in [-0.15, -0.1) is 34.0 Å². The first-order chi connectivity index (χ1) is 50.8. The molecule has 4 aliphatic rings. The van der Waals surface area contributed by atoms with E-state index in [1.54, 1.807) is 104 Å². The number of nitrogens with zero attached hydrogens (tertiary/aromatic N) is 12. The number of sulfonamides is 2. The van der Waals surface area contributed by atoms with Gasteiger partial charge in [0.25, 0.3) is 20.0 Å². The van der Waals surface area contributed by atoms with Gasteiger partial charge in [-0.3, -0.25) is 25.2 Å². The Kier molecular flexibility index (Phi) is 22.1. The zero-order chi connectivity index (χ0) is 75.7. The van der Waals surface area contributed by atoms with Crippen LogP contribution < -0.4 is 30.7 Å². The number of aliphatic hydroxyl groups is 1. The molecule has 0 unspecified atom stereocenters. The molecule has 12 aromatic rings. The summed E-state index contributed by atoms with van der Waals surface area (Å²) in [6, 6.07) is 20.9. The molecule has 0 radical (unpaired) electrons. The molecule has 0 atom stereocenters. The molecule has 39 heteroatoms. The number of carbonyl (C=O) groups is 1. The molecule has 4 fully saturated rings. The molecule has 107 heavy (non-hydrogen) atoms. The number of furan rings is 1.